The SMILES string of the molecule is C[C@H](CN1CCN(C)CC1)N[C@H]1CSCCc2ccccc21. The van der Waals surface area contributed by atoms with Crippen molar-refractivity contribution < 1.29 is 0 Å². The number of fused-ring (bicyclic) bond motifs is 1. The summed E-state index contributed by atoms with van der Waals surface area (Å²) in [6.07, 6.45) is 1.21. The number of rotatable bonds is 4. The van der Waals surface area contributed by atoms with Crippen LogP contribution in [0.3, 0.4) is 0 Å². The van der Waals surface area contributed by atoms with E-state index in [1.807, 2.05) is 0 Å². The fraction of sp³-hybridized carbons (Fsp3) is 0.667. The number of nitrogens with one attached hydrogen (secondary N) is 1. The van der Waals surface area contributed by atoms with Crippen molar-refractivity contribution in [3.63, 3.8) is 0 Å². The van der Waals surface area contributed by atoms with Gasteiger partial charge in [0.15, 0.2) is 0 Å². The van der Waals surface area contributed by atoms with E-state index in [1.165, 1.54) is 55.2 Å². The van der Waals surface area contributed by atoms with E-state index in [2.05, 4.69) is 65.1 Å². The maximum atomic E-state index is 3.90. The second-order valence-electron chi connectivity index (χ2n) is 6.75. The van der Waals surface area contributed by atoms with Gasteiger partial charge in [-0.05, 0) is 37.3 Å². The van der Waals surface area contributed by atoms with E-state index in [9.17, 15) is 0 Å². The quantitative estimate of drug-likeness (QED) is 0.917. The third-order valence-corrected chi connectivity index (χ3v) is 5.91. The van der Waals surface area contributed by atoms with Crippen molar-refractivity contribution in [3.8, 4) is 0 Å². The number of benzene rings is 1. The van der Waals surface area contributed by atoms with Crippen LogP contribution in [0.25, 0.3) is 0 Å². The molecule has 0 radical (unpaired) electrons. The van der Waals surface area contributed by atoms with Crippen LogP contribution in [0.2, 0.25) is 0 Å². The first-order valence-electron chi connectivity index (χ1n) is 8.55. The molecular weight excluding hydrogens is 290 g/mol. The van der Waals surface area contributed by atoms with Crippen LogP contribution < -0.4 is 5.32 Å². The van der Waals surface area contributed by atoms with E-state index in [4.69, 9.17) is 0 Å². The molecule has 2 atom stereocenters. The van der Waals surface area contributed by atoms with Gasteiger partial charge in [0, 0.05) is 50.6 Å². The van der Waals surface area contributed by atoms with Gasteiger partial charge in [-0.1, -0.05) is 24.3 Å². The van der Waals surface area contributed by atoms with E-state index in [1.54, 1.807) is 0 Å². The van der Waals surface area contributed by atoms with E-state index in [-0.39, 0.29) is 0 Å². The molecule has 2 aliphatic rings. The summed E-state index contributed by atoms with van der Waals surface area (Å²) in [6, 6.07) is 10.0. The predicted octanol–water partition coefficient (Wildman–Crippen LogP) is 2.24. The molecule has 1 N–H and O–H groups in total. The smallest absolute Gasteiger partial charge is 0.0417 e. The van der Waals surface area contributed by atoms with Gasteiger partial charge in [-0.15, -0.1) is 0 Å². The first-order valence-corrected chi connectivity index (χ1v) is 9.70. The van der Waals surface area contributed by atoms with Crippen molar-refractivity contribution in [1.29, 1.82) is 0 Å². The maximum absolute atomic E-state index is 3.90. The number of hydrogen-bond acceptors (Lipinski definition) is 4. The third kappa shape index (κ3) is 4.25. The molecule has 3 rings (SSSR count). The zero-order valence-electron chi connectivity index (χ0n) is 13.9. The summed E-state index contributed by atoms with van der Waals surface area (Å²) in [6.45, 7) is 8.33. The van der Waals surface area contributed by atoms with Gasteiger partial charge in [-0.25, -0.2) is 0 Å². The molecule has 0 saturated carbocycles. The molecule has 0 bridgehead atoms. The fourth-order valence-corrected chi connectivity index (χ4v) is 4.57. The van der Waals surface area contributed by atoms with Crippen molar-refractivity contribution in [2.45, 2.75) is 25.4 Å². The molecule has 3 nitrogen and oxygen atoms in total. The molecule has 22 heavy (non-hydrogen) atoms. The Hall–Kier alpha value is -0.550. The van der Waals surface area contributed by atoms with Gasteiger partial charge in [0.25, 0.3) is 0 Å². The van der Waals surface area contributed by atoms with Crippen LogP contribution >= 0.6 is 11.8 Å². The number of likely N-dealkylation sites (N-methyl/N-ethyl adjacent to an activating group) is 1. The summed E-state index contributed by atoms with van der Waals surface area (Å²) in [7, 11) is 2.22. The molecule has 1 saturated heterocycles. The lowest BCUT2D eigenvalue weighted by Gasteiger charge is -2.35. The summed E-state index contributed by atoms with van der Waals surface area (Å²) in [5, 5.41) is 3.90. The van der Waals surface area contributed by atoms with Gasteiger partial charge in [-0.2, -0.15) is 11.8 Å². The van der Waals surface area contributed by atoms with Crippen LogP contribution in [0.15, 0.2) is 24.3 Å². The largest absolute Gasteiger partial charge is 0.305 e. The minimum Gasteiger partial charge on any atom is -0.305 e. The Balaban J connectivity index is 1.58. The number of piperazine rings is 1. The number of aryl methyl sites for hydroxylation is 1. The average molecular weight is 320 g/mol. The van der Waals surface area contributed by atoms with E-state index < -0.39 is 0 Å². The lowest BCUT2D eigenvalue weighted by Crippen LogP contribution is -2.49. The highest BCUT2D eigenvalue weighted by atomic mass is 32.2. The van der Waals surface area contributed by atoms with Crippen LogP contribution in [-0.4, -0.2) is 67.1 Å². The first-order chi connectivity index (χ1) is 10.7. The number of hydrogen-bond donors (Lipinski definition) is 1. The summed E-state index contributed by atoms with van der Waals surface area (Å²) in [4.78, 5) is 5.03. The molecule has 1 aromatic rings. The van der Waals surface area contributed by atoms with E-state index in [0.717, 1.165) is 6.54 Å². The zero-order valence-corrected chi connectivity index (χ0v) is 14.7. The molecular formula is C18H29N3S. The summed E-state index contributed by atoms with van der Waals surface area (Å²) >= 11 is 2.09. The molecule has 4 heteroatoms. The van der Waals surface area contributed by atoms with Crippen molar-refractivity contribution in [2.75, 3.05) is 51.3 Å². The summed E-state index contributed by atoms with van der Waals surface area (Å²) < 4.78 is 0. The van der Waals surface area contributed by atoms with Crippen molar-refractivity contribution in [2.24, 2.45) is 0 Å². The van der Waals surface area contributed by atoms with Crippen LogP contribution in [0.5, 0.6) is 0 Å². The minimum atomic E-state index is 0.506. The van der Waals surface area contributed by atoms with Crippen molar-refractivity contribution >= 4 is 11.8 Å². The molecule has 1 fully saturated rings. The van der Waals surface area contributed by atoms with Gasteiger partial charge in [0.2, 0.25) is 0 Å². The zero-order chi connectivity index (χ0) is 15.4. The lowest BCUT2D eigenvalue weighted by atomic mass is 9.99. The second-order valence-corrected chi connectivity index (χ2v) is 7.90. The number of nitrogens with zero attached hydrogens (tertiary/aromatic N) is 2. The number of thioether (sulfide) groups is 1. The Morgan fingerprint density at radius 1 is 1.23 bits per heavy atom. The van der Waals surface area contributed by atoms with Crippen LogP contribution in [0.1, 0.15) is 24.1 Å². The van der Waals surface area contributed by atoms with Crippen LogP contribution in [-0.2, 0) is 6.42 Å². The Morgan fingerprint density at radius 2 is 2.00 bits per heavy atom. The molecule has 0 unspecified atom stereocenters. The highest BCUT2D eigenvalue weighted by Crippen LogP contribution is 2.27. The van der Waals surface area contributed by atoms with Crippen LogP contribution in [0, 0.1) is 0 Å². The molecule has 1 aromatic carbocycles. The van der Waals surface area contributed by atoms with E-state index in [0.29, 0.717) is 12.1 Å². The Morgan fingerprint density at radius 3 is 2.82 bits per heavy atom. The van der Waals surface area contributed by atoms with Gasteiger partial charge in [0.05, 0.1) is 0 Å². The highest BCUT2D eigenvalue weighted by molar-refractivity contribution is 7.99. The topological polar surface area (TPSA) is 18.5 Å². The molecule has 0 aliphatic carbocycles. The summed E-state index contributed by atoms with van der Waals surface area (Å²) in [5.41, 5.74) is 3.06. The van der Waals surface area contributed by atoms with Crippen molar-refractivity contribution in [1.82, 2.24) is 15.1 Å². The lowest BCUT2D eigenvalue weighted by molar-refractivity contribution is 0.142. The standard InChI is InChI=1S/C18H29N3S/c1-15(13-21-10-8-20(2)9-11-21)19-18-14-22-12-7-16-5-3-4-6-17(16)18/h3-6,15,18-19H,7-14H2,1-2H3/t15-,18+/m1/s1. The highest BCUT2D eigenvalue weighted by Gasteiger charge is 2.22. The molecule has 2 heterocycles. The molecule has 0 spiro atoms. The normalized spacial score (nSPS) is 25.5. The van der Waals surface area contributed by atoms with Gasteiger partial charge >= 0.3 is 0 Å². The van der Waals surface area contributed by atoms with Gasteiger partial charge in [0.1, 0.15) is 0 Å². The Bertz CT molecular complexity index is 471. The van der Waals surface area contributed by atoms with Gasteiger partial charge in [-0.3, -0.25) is 4.90 Å². The fourth-order valence-electron chi connectivity index (χ4n) is 3.53. The average Bonchev–Trinajstić information content (AvgIpc) is 2.72. The first kappa shape index (κ1) is 16.3. The molecule has 2 aliphatic heterocycles. The van der Waals surface area contributed by atoms with E-state index >= 15 is 0 Å². The monoisotopic (exact) mass is 319 g/mol. The summed E-state index contributed by atoms with van der Waals surface area (Å²) in [5.74, 6) is 2.45. The van der Waals surface area contributed by atoms with Crippen LogP contribution in [0.4, 0.5) is 0 Å². The Kier molecular flexibility index (Phi) is 5.80. The second kappa shape index (κ2) is 7.82. The maximum Gasteiger partial charge on any atom is 0.0417 e. The molecule has 0 aromatic heterocycles. The molecule has 0 amide bonds. The van der Waals surface area contributed by atoms with Gasteiger partial charge < -0.3 is 10.2 Å². The molecule has 122 valence electrons. The third-order valence-electron chi connectivity index (χ3n) is 4.84. The van der Waals surface area contributed by atoms with Crippen molar-refractivity contribution in [3.05, 3.63) is 35.4 Å². The Labute approximate surface area is 139 Å². The predicted molar refractivity (Wildman–Crippen MR) is 96.7 cm³/mol. The minimum absolute atomic E-state index is 0.506.